The van der Waals surface area contributed by atoms with Gasteiger partial charge in [-0.1, -0.05) is 0 Å². The molecule has 0 spiro atoms. The fraction of sp³-hybridized carbons (Fsp3) is 0.250. The van der Waals surface area contributed by atoms with Crippen molar-refractivity contribution in [2.75, 3.05) is 0 Å². The molecule has 1 N–H and O–H groups in total. The van der Waals surface area contributed by atoms with E-state index in [-0.39, 0.29) is 19.5 Å². The number of hydrogen-bond donors (Lipinski definition) is 2. The topological polar surface area (TPSA) is 28.7 Å². The van der Waals surface area contributed by atoms with Crippen LogP contribution in [-0.2, 0) is 25.2 Å². The zero-order valence-electron chi connectivity index (χ0n) is 4.46. The maximum Gasteiger partial charge on any atom is 0.115 e. The minimum atomic E-state index is 0. The van der Waals surface area contributed by atoms with Gasteiger partial charge >= 0.3 is 0 Å². The molecule has 0 aliphatic carbocycles. The van der Waals surface area contributed by atoms with E-state index in [1.54, 1.807) is 12.4 Å². The average molecular weight is 180 g/mol. The monoisotopic (exact) mass is 178 g/mol. The molecule has 0 saturated carbocycles. The average Bonchev–Trinajstić information content (AvgIpc) is 2.14. The summed E-state index contributed by atoms with van der Waals surface area (Å²) in [5.74, 6) is 1.61. The van der Waals surface area contributed by atoms with Crippen LogP contribution in [0.25, 0.3) is 0 Å². The van der Waals surface area contributed by atoms with Crippen LogP contribution in [-0.4, -0.2) is 9.97 Å². The minimum absolute atomic E-state index is 0. The molecule has 0 unspecified atom stereocenters. The van der Waals surface area contributed by atoms with Crippen LogP contribution in [0.5, 0.6) is 0 Å². The summed E-state index contributed by atoms with van der Waals surface area (Å²) in [4.78, 5) is 6.80. The van der Waals surface area contributed by atoms with E-state index in [1.165, 1.54) is 0 Å². The Morgan fingerprint density at radius 1 is 1.75 bits per heavy atom. The van der Waals surface area contributed by atoms with Gasteiger partial charge in [0, 0.05) is 37.6 Å². The Kier molecular flexibility index (Phi) is 4.20. The van der Waals surface area contributed by atoms with Crippen molar-refractivity contribution in [1.29, 1.82) is 0 Å². The molecule has 4 heteroatoms. The fourth-order valence-corrected chi connectivity index (χ4v) is 0.557. The summed E-state index contributed by atoms with van der Waals surface area (Å²) in [7, 11) is 0. The van der Waals surface area contributed by atoms with E-state index in [9.17, 15) is 0 Å². The van der Waals surface area contributed by atoms with E-state index in [1.807, 2.05) is 0 Å². The second kappa shape index (κ2) is 4.10. The van der Waals surface area contributed by atoms with Gasteiger partial charge in [-0.2, -0.15) is 12.6 Å². The van der Waals surface area contributed by atoms with Gasteiger partial charge in [0.05, 0.1) is 0 Å². The molecule has 1 aromatic rings. The zero-order chi connectivity index (χ0) is 5.11. The molecule has 2 nitrogen and oxygen atoms in total. The van der Waals surface area contributed by atoms with Crippen molar-refractivity contribution < 1.29 is 19.5 Å². The van der Waals surface area contributed by atoms with Crippen LogP contribution in [0, 0.1) is 0 Å². The van der Waals surface area contributed by atoms with Crippen LogP contribution < -0.4 is 0 Å². The smallest absolute Gasteiger partial charge is 0.115 e. The van der Waals surface area contributed by atoms with E-state index in [0.29, 0.717) is 5.75 Å². The molecule has 0 atom stereocenters. The van der Waals surface area contributed by atoms with Crippen LogP contribution in [0.15, 0.2) is 12.4 Å². The molecule has 0 aliphatic heterocycles. The molecule has 0 amide bonds. The third-order valence-corrected chi connectivity index (χ3v) is 1.00. The number of nitrogens with one attached hydrogen (secondary N) is 1. The van der Waals surface area contributed by atoms with Crippen molar-refractivity contribution >= 4 is 12.6 Å². The Morgan fingerprint density at radius 2 is 2.50 bits per heavy atom. The Bertz CT molecular complexity index is 129. The van der Waals surface area contributed by atoms with E-state index < -0.39 is 0 Å². The maximum absolute atomic E-state index is 3.98. The molecule has 0 fully saturated rings. The number of aromatic amines is 1. The Labute approximate surface area is 66.3 Å². The van der Waals surface area contributed by atoms with Crippen LogP contribution in [0.2, 0.25) is 0 Å². The van der Waals surface area contributed by atoms with Crippen molar-refractivity contribution in [3.05, 3.63) is 18.2 Å². The molecule has 0 aliphatic rings. The van der Waals surface area contributed by atoms with Gasteiger partial charge in [-0.05, 0) is 0 Å². The number of rotatable bonds is 1. The largest absolute Gasteiger partial charge is 0.348 e. The molecule has 0 saturated heterocycles. The normalized spacial score (nSPS) is 8.12. The number of aromatic nitrogens is 2. The van der Waals surface area contributed by atoms with Gasteiger partial charge in [-0.15, -0.1) is 0 Å². The third kappa shape index (κ3) is 1.97. The van der Waals surface area contributed by atoms with Crippen molar-refractivity contribution in [3.63, 3.8) is 0 Å². The van der Waals surface area contributed by atoms with Crippen molar-refractivity contribution in [1.82, 2.24) is 9.97 Å². The van der Waals surface area contributed by atoms with Gasteiger partial charge in [0.25, 0.3) is 0 Å². The first-order valence-electron chi connectivity index (χ1n) is 2.02. The van der Waals surface area contributed by atoms with Crippen molar-refractivity contribution in [3.8, 4) is 0 Å². The Morgan fingerprint density at radius 3 is 2.75 bits per heavy atom. The van der Waals surface area contributed by atoms with Crippen molar-refractivity contribution in [2.45, 2.75) is 5.75 Å². The summed E-state index contributed by atoms with van der Waals surface area (Å²) < 4.78 is 0. The standard InChI is InChI=1S/C4H6N2S.Zn/c7-3-4-5-1-2-6-4;/h1-2,7H,3H2,(H,5,6);. The number of H-pyrrole nitrogens is 1. The first kappa shape index (κ1) is 8.18. The minimum Gasteiger partial charge on any atom is -0.348 e. The fourth-order valence-electron chi connectivity index (χ4n) is 0.384. The molecule has 8 heavy (non-hydrogen) atoms. The summed E-state index contributed by atoms with van der Waals surface area (Å²) in [5, 5.41) is 0. The van der Waals surface area contributed by atoms with E-state index >= 15 is 0 Å². The number of hydrogen-bond acceptors (Lipinski definition) is 2. The predicted octanol–water partition coefficient (Wildman–Crippen LogP) is 0.837. The van der Waals surface area contributed by atoms with Gasteiger partial charge in [0.15, 0.2) is 0 Å². The molecular weight excluding hydrogens is 174 g/mol. The molecule has 40 valence electrons. The molecule has 1 heterocycles. The van der Waals surface area contributed by atoms with Gasteiger partial charge in [0.2, 0.25) is 0 Å². The van der Waals surface area contributed by atoms with Crippen LogP contribution in [0.4, 0.5) is 0 Å². The third-order valence-electron chi connectivity index (χ3n) is 0.705. The summed E-state index contributed by atoms with van der Waals surface area (Å²) in [6.07, 6.45) is 3.50. The van der Waals surface area contributed by atoms with E-state index in [0.717, 1.165) is 5.82 Å². The summed E-state index contributed by atoms with van der Waals surface area (Å²) in [6, 6.07) is 0. The van der Waals surface area contributed by atoms with Crippen LogP contribution in [0.3, 0.4) is 0 Å². The summed E-state index contributed by atoms with van der Waals surface area (Å²) in [6.45, 7) is 0. The van der Waals surface area contributed by atoms with Gasteiger partial charge in [0.1, 0.15) is 5.82 Å². The molecular formula is C4H6N2SZn. The summed E-state index contributed by atoms with van der Waals surface area (Å²) >= 11 is 3.98. The second-order valence-electron chi connectivity index (χ2n) is 1.19. The first-order chi connectivity index (χ1) is 3.43. The van der Waals surface area contributed by atoms with Gasteiger partial charge in [-0.3, -0.25) is 0 Å². The SMILES string of the molecule is SCc1ncc[nH]1.[Zn]. The number of imidazole rings is 1. The molecule has 0 aromatic carbocycles. The molecule has 1 aromatic heterocycles. The Hall–Kier alpha value is 0.183. The first-order valence-corrected chi connectivity index (χ1v) is 2.66. The van der Waals surface area contributed by atoms with Gasteiger partial charge < -0.3 is 4.98 Å². The van der Waals surface area contributed by atoms with Crippen LogP contribution in [0.1, 0.15) is 5.82 Å². The molecule has 0 bridgehead atoms. The molecule has 0 radical (unpaired) electrons. The summed E-state index contributed by atoms with van der Waals surface area (Å²) in [5.41, 5.74) is 0. The quantitative estimate of drug-likeness (QED) is 0.486. The van der Waals surface area contributed by atoms with E-state index in [2.05, 4.69) is 22.6 Å². The number of thiol groups is 1. The second-order valence-corrected chi connectivity index (χ2v) is 1.51. The molecule has 1 rings (SSSR count). The maximum atomic E-state index is 3.98. The van der Waals surface area contributed by atoms with Crippen LogP contribution >= 0.6 is 12.6 Å². The van der Waals surface area contributed by atoms with Gasteiger partial charge in [-0.25, -0.2) is 4.98 Å². The van der Waals surface area contributed by atoms with Crippen molar-refractivity contribution in [2.24, 2.45) is 0 Å². The zero-order valence-corrected chi connectivity index (χ0v) is 8.32. The Balaban J connectivity index is 0.000000490. The van der Waals surface area contributed by atoms with E-state index in [4.69, 9.17) is 0 Å². The predicted molar refractivity (Wildman–Crippen MR) is 31.3 cm³/mol. The number of nitrogens with zero attached hydrogens (tertiary/aromatic N) is 1.